The van der Waals surface area contributed by atoms with Crippen molar-refractivity contribution in [1.29, 1.82) is 0 Å². The van der Waals surface area contributed by atoms with Crippen molar-refractivity contribution >= 4 is 29.9 Å². The van der Waals surface area contributed by atoms with Gasteiger partial charge in [0.1, 0.15) is 5.82 Å². The molecule has 180 valence electrons. The number of benzene rings is 1. The number of aromatic nitrogens is 1. The predicted octanol–water partition coefficient (Wildman–Crippen LogP) is 3.37. The van der Waals surface area contributed by atoms with Crippen molar-refractivity contribution in [2.75, 3.05) is 46.5 Å². The molecular weight excluding hydrogens is 536 g/mol. The zero-order valence-electron chi connectivity index (χ0n) is 19.0. The van der Waals surface area contributed by atoms with Crippen molar-refractivity contribution < 1.29 is 13.9 Å². The smallest absolute Gasteiger partial charge is 0.213 e. The standard InChI is InChI=1S/C24H32FN5O2.HI/c1-26-24(28-15-19-4-9-23(27-14-19)32-17-18-2-3-18)29-16-22(30-10-12-31-13-11-30)20-5-7-21(25)8-6-20;/h4-9,14,18,22H,2-3,10-13,15-17H2,1H3,(H2,26,28,29);1H. The third-order valence-electron chi connectivity index (χ3n) is 5.85. The second-order valence-corrected chi connectivity index (χ2v) is 8.28. The van der Waals surface area contributed by atoms with Crippen LogP contribution in [0.5, 0.6) is 5.88 Å². The molecule has 1 saturated carbocycles. The molecule has 1 unspecified atom stereocenters. The van der Waals surface area contributed by atoms with Crippen molar-refractivity contribution in [3.05, 3.63) is 59.5 Å². The van der Waals surface area contributed by atoms with E-state index >= 15 is 0 Å². The van der Waals surface area contributed by atoms with Crippen molar-refractivity contribution in [2.24, 2.45) is 10.9 Å². The fourth-order valence-corrected chi connectivity index (χ4v) is 3.72. The van der Waals surface area contributed by atoms with E-state index in [2.05, 4.69) is 25.5 Å². The summed E-state index contributed by atoms with van der Waals surface area (Å²) in [5, 5.41) is 6.76. The van der Waals surface area contributed by atoms with Gasteiger partial charge in [-0.15, -0.1) is 24.0 Å². The van der Waals surface area contributed by atoms with Crippen LogP contribution in [-0.2, 0) is 11.3 Å². The molecule has 9 heteroatoms. The van der Waals surface area contributed by atoms with Crippen LogP contribution >= 0.6 is 24.0 Å². The molecule has 1 aliphatic heterocycles. The Hall–Kier alpha value is -1.98. The number of hydrogen-bond acceptors (Lipinski definition) is 5. The number of rotatable bonds is 9. The van der Waals surface area contributed by atoms with Gasteiger partial charge in [-0.3, -0.25) is 9.89 Å². The topological polar surface area (TPSA) is 71.0 Å². The molecule has 1 aromatic heterocycles. The lowest BCUT2D eigenvalue weighted by Crippen LogP contribution is -2.46. The summed E-state index contributed by atoms with van der Waals surface area (Å²) in [5.74, 6) is 1.87. The molecule has 7 nitrogen and oxygen atoms in total. The lowest BCUT2D eigenvalue weighted by Gasteiger charge is -2.35. The van der Waals surface area contributed by atoms with E-state index in [1.54, 1.807) is 7.05 Å². The Bertz CT molecular complexity index is 871. The fraction of sp³-hybridized carbons (Fsp3) is 0.500. The Kier molecular flexibility index (Phi) is 10.1. The van der Waals surface area contributed by atoms with Gasteiger partial charge in [0.05, 0.1) is 25.9 Å². The molecule has 33 heavy (non-hydrogen) atoms. The number of pyridine rings is 1. The lowest BCUT2D eigenvalue weighted by molar-refractivity contribution is 0.0170. The monoisotopic (exact) mass is 569 g/mol. The largest absolute Gasteiger partial charge is 0.477 e. The fourth-order valence-electron chi connectivity index (χ4n) is 3.72. The first kappa shape index (κ1) is 25.6. The van der Waals surface area contributed by atoms with Crippen LogP contribution in [0, 0.1) is 11.7 Å². The number of aliphatic imine (C=N–C) groups is 1. The van der Waals surface area contributed by atoms with E-state index in [0.717, 1.165) is 30.8 Å². The number of ether oxygens (including phenoxy) is 2. The van der Waals surface area contributed by atoms with E-state index in [9.17, 15) is 4.39 Å². The summed E-state index contributed by atoms with van der Waals surface area (Å²) < 4.78 is 24.6. The third kappa shape index (κ3) is 8.08. The quantitative estimate of drug-likeness (QED) is 0.274. The molecule has 2 fully saturated rings. The Labute approximate surface area is 212 Å². The maximum Gasteiger partial charge on any atom is 0.213 e. The highest BCUT2D eigenvalue weighted by atomic mass is 127. The molecule has 0 bridgehead atoms. The van der Waals surface area contributed by atoms with Crippen LogP contribution in [0.15, 0.2) is 47.6 Å². The zero-order valence-corrected chi connectivity index (χ0v) is 21.3. The van der Waals surface area contributed by atoms with Crippen LogP contribution in [0.3, 0.4) is 0 Å². The third-order valence-corrected chi connectivity index (χ3v) is 5.85. The van der Waals surface area contributed by atoms with Crippen molar-refractivity contribution in [3.8, 4) is 5.88 Å². The van der Waals surface area contributed by atoms with Gasteiger partial charge in [-0.1, -0.05) is 18.2 Å². The Morgan fingerprint density at radius 1 is 1.18 bits per heavy atom. The minimum Gasteiger partial charge on any atom is -0.477 e. The molecule has 2 N–H and O–H groups in total. The van der Waals surface area contributed by atoms with Crippen LogP contribution in [0.25, 0.3) is 0 Å². The van der Waals surface area contributed by atoms with Crippen LogP contribution in [0.1, 0.15) is 30.0 Å². The molecule has 0 amide bonds. The molecule has 2 aromatic rings. The molecule has 1 aliphatic carbocycles. The van der Waals surface area contributed by atoms with Crippen LogP contribution in [0.4, 0.5) is 4.39 Å². The van der Waals surface area contributed by atoms with Crippen LogP contribution < -0.4 is 15.4 Å². The molecule has 1 aromatic carbocycles. The summed E-state index contributed by atoms with van der Waals surface area (Å²) in [6.45, 7) is 5.12. The second kappa shape index (κ2) is 13.0. The summed E-state index contributed by atoms with van der Waals surface area (Å²) in [5.41, 5.74) is 2.12. The summed E-state index contributed by atoms with van der Waals surface area (Å²) in [7, 11) is 1.75. The summed E-state index contributed by atoms with van der Waals surface area (Å²) >= 11 is 0. The van der Waals surface area contributed by atoms with E-state index in [4.69, 9.17) is 9.47 Å². The molecule has 0 radical (unpaired) electrons. The van der Waals surface area contributed by atoms with Gasteiger partial charge in [0.25, 0.3) is 0 Å². The number of hydrogen-bond donors (Lipinski definition) is 2. The molecule has 2 heterocycles. The minimum atomic E-state index is -0.225. The number of morpholine rings is 1. The SMILES string of the molecule is CN=C(NCc1ccc(OCC2CC2)nc1)NCC(c1ccc(F)cc1)N1CCOCC1.I. The van der Waals surface area contributed by atoms with Crippen molar-refractivity contribution in [1.82, 2.24) is 20.5 Å². The van der Waals surface area contributed by atoms with Gasteiger partial charge in [-0.25, -0.2) is 9.37 Å². The number of nitrogens with one attached hydrogen (secondary N) is 2. The average molecular weight is 569 g/mol. The van der Waals surface area contributed by atoms with Gasteiger partial charge in [0, 0.05) is 45.5 Å². The first-order valence-electron chi connectivity index (χ1n) is 11.3. The minimum absolute atomic E-state index is 0. The number of guanidine groups is 1. The normalized spacial score (nSPS) is 17.7. The first-order valence-corrected chi connectivity index (χ1v) is 11.3. The maximum atomic E-state index is 13.4. The van der Waals surface area contributed by atoms with Gasteiger partial charge in [-0.05, 0) is 42.0 Å². The number of halogens is 2. The average Bonchev–Trinajstić information content (AvgIpc) is 3.67. The lowest BCUT2D eigenvalue weighted by atomic mass is 10.0. The highest BCUT2D eigenvalue weighted by Crippen LogP contribution is 2.29. The van der Waals surface area contributed by atoms with E-state index < -0.39 is 0 Å². The summed E-state index contributed by atoms with van der Waals surface area (Å²) in [6.07, 6.45) is 4.36. The molecule has 1 atom stereocenters. The number of nitrogens with zero attached hydrogens (tertiary/aromatic N) is 3. The summed E-state index contributed by atoms with van der Waals surface area (Å²) in [4.78, 5) is 11.1. The van der Waals surface area contributed by atoms with E-state index in [0.29, 0.717) is 44.1 Å². The zero-order chi connectivity index (χ0) is 22.2. The van der Waals surface area contributed by atoms with Crippen molar-refractivity contribution in [3.63, 3.8) is 0 Å². The van der Waals surface area contributed by atoms with E-state index in [1.165, 1.54) is 25.0 Å². The Morgan fingerprint density at radius 3 is 2.58 bits per heavy atom. The molecule has 1 saturated heterocycles. The summed E-state index contributed by atoms with van der Waals surface area (Å²) in [6, 6.07) is 10.8. The van der Waals surface area contributed by atoms with Gasteiger partial charge in [-0.2, -0.15) is 0 Å². The van der Waals surface area contributed by atoms with Crippen LogP contribution in [0.2, 0.25) is 0 Å². The maximum absolute atomic E-state index is 13.4. The van der Waals surface area contributed by atoms with Gasteiger partial charge in [0.15, 0.2) is 5.96 Å². The predicted molar refractivity (Wildman–Crippen MR) is 138 cm³/mol. The van der Waals surface area contributed by atoms with Gasteiger partial charge in [0.2, 0.25) is 5.88 Å². The molecule has 4 rings (SSSR count). The van der Waals surface area contributed by atoms with Gasteiger partial charge >= 0.3 is 0 Å². The van der Waals surface area contributed by atoms with Crippen molar-refractivity contribution in [2.45, 2.75) is 25.4 Å². The van der Waals surface area contributed by atoms with Crippen LogP contribution in [-0.4, -0.2) is 62.3 Å². The molecule has 2 aliphatic rings. The Morgan fingerprint density at radius 2 is 1.94 bits per heavy atom. The van der Waals surface area contributed by atoms with E-state index in [-0.39, 0.29) is 35.8 Å². The Balaban J connectivity index is 0.00000306. The van der Waals surface area contributed by atoms with E-state index in [1.807, 2.05) is 30.5 Å². The van der Waals surface area contributed by atoms with Gasteiger partial charge < -0.3 is 20.1 Å². The molecule has 0 spiro atoms. The first-order chi connectivity index (χ1) is 15.7. The molecular formula is C24H33FIN5O2. The highest BCUT2D eigenvalue weighted by molar-refractivity contribution is 14.0. The highest BCUT2D eigenvalue weighted by Gasteiger charge is 2.23. The second-order valence-electron chi connectivity index (χ2n) is 8.28.